The molecule has 136 valence electrons. The minimum Gasteiger partial charge on any atom is -0.395 e. The van der Waals surface area contributed by atoms with E-state index in [4.69, 9.17) is 4.98 Å². The minimum absolute atomic E-state index is 0.142. The third-order valence-corrected chi connectivity index (χ3v) is 5.37. The average Bonchev–Trinajstić information content (AvgIpc) is 3.01. The Kier molecular flexibility index (Phi) is 5.02. The Balaban J connectivity index is 1.74. The lowest BCUT2D eigenvalue weighted by Gasteiger charge is -2.39. The molecule has 3 aromatic rings. The van der Waals surface area contributed by atoms with Crippen molar-refractivity contribution in [1.29, 1.82) is 0 Å². The first-order valence-electron chi connectivity index (χ1n) is 9.33. The molecule has 2 aromatic heterocycles. The number of hydrogen-bond donors (Lipinski definition) is 2. The Bertz CT molecular complexity index is 853. The summed E-state index contributed by atoms with van der Waals surface area (Å²) in [6, 6.07) is 14.8. The van der Waals surface area contributed by atoms with Crippen LogP contribution in [0.15, 0.2) is 48.7 Å². The Labute approximate surface area is 154 Å². The van der Waals surface area contributed by atoms with Crippen molar-refractivity contribution in [3.63, 3.8) is 0 Å². The number of fused-ring (bicyclic) bond motifs is 1. The minimum atomic E-state index is 0.142. The number of benzene rings is 1. The molecule has 1 aliphatic rings. The van der Waals surface area contributed by atoms with E-state index in [1.54, 1.807) is 0 Å². The maximum Gasteiger partial charge on any atom is 0.0800 e. The highest BCUT2D eigenvalue weighted by molar-refractivity contribution is 5.85. The van der Waals surface area contributed by atoms with Crippen LogP contribution in [0.3, 0.4) is 0 Å². The number of nitrogens with zero attached hydrogens (tertiary/aromatic N) is 3. The van der Waals surface area contributed by atoms with Crippen LogP contribution in [0, 0.1) is 6.92 Å². The molecule has 0 radical (unpaired) electrons. The van der Waals surface area contributed by atoms with Crippen molar-refractivity contribution in [3.05, 3.63) is 65.6 Å². The van der Waals surface area contributed by atoms with Gasteiger partial charge in [-0.15, -0.1) is 0 Å². The van der Waals surface area contributed by atoms with E-state index in [0.717, 1.165) is 38.4 Å². The maximum absolute atomic E-state index is 9.21. The second kappa shape index (κ2) is 7.58. The Hall–Kier alpha value is -2.21. The molecule has 1 atom stereocenters. The van der Waals surface area contributed by atoms with Crippen molar-refractivity contribution in [2.24, 2.45) is 0 Å². The van der Waals surface area contributed by atoms with Crippen LogP contribution in [0.1, 0.15) is 23.0 Å². The normalized spacial score (nSPS) is 17.6. The van der Waals surface area contributed by atoms with E-state index in [9.17, 15) is 5.11 Å². The predicted octanol–water partition coefficient (Wildman–Crippen LogP) is 2.57. The monoisotopic (exact) mass is 350 g/mol. The first-order valence-corrected chi connectivity index (χ1v) is 9.33. The summed E-state index contributed by atoms with van der Waals surface area (Å²) < 4.78 is 0. The summed E-state index contributed by atoms with van der Waals surface area (Å²) in [4.78, 5) is 13.1. The molecule has 5 nitrogen and oxygen atoms in total. The summed E-state index contributed by atoms with van der Waals surface area (Å²) in [6.45, 7) is 7.05. The fraction of sp³-hybridized carbons (Fsp3) is 0.381. The number of nitrogens with one attached hydrogen (secondary N) is 1. The highest BCUT2D eigenvalue weighted by Gasteiger charge is 2.30. The number of aliphatic hydroxyl groups excluding tert-OH is 1. The molecule has 2 N–H and O–H groups in total. The molecule has 0 saturated carbocycles. The summed E-state index contributed by atoms with van der Waals surface area (Å²) in [6.07, 6.45) is 1.88. The number of rotatable bonds is 5. The molecule has 0 aliphatic carbocycles. The molecule has 3 heterocycles. The van der Waals surface area contributed by atoms with Crippen LogP contribution in [0.4, 0.5) is 0 Å². The van der Waals surface area contributed by atoms with Gasteiger partial charge in [0.2, 0.25) is 0 Å². The van der Waals surface area contributed by atoms with Gasteiger partial charge in [0.15, 0.2) is 0 Å². The standard InChI is InChI=1S/C21H26N4O/c1-16-20(17-6-2-3-7-18(17)23-16)21(19-8-4-5-9-22-19)25-12-10-24(11-13-25)14-15-26/h2-9,21,23,26H,10-15H2,1H3. The number of aliphatic hydroxyl groups is 1. The van der Waals surface area contributed by atoms with E-state index in [1.165, 1.54) is 22.2 Å². The number of β-amino-alcohol motifs (C(OH)–C–C–N with tert-alkyl or cyclic N) is 1. The number of aromatic nitrogens is 2. The topological polar surface area (TPSA) is 55.4 Å². The van der Waals surface area contributed by atoms with E-state index in [2.05, 4.69) is 58.1 Å². The zero-order chi connectivity index (χ0) is 17.9. The Morgan fingerprint density at radius 1 is 1.08 bits per heavy atom. The van der Waals surface area contributed by atoms with Gasteiger partial charge < -0.3 is 10.1 Å². The van der Waals surface area contributed by atoms with Gasteiger partial charge in [-0.1, -0.05) is 24.3 Å². The maximum atomic E-state index is 9.21. The van der Waals surface area contributed by atoms with E-state index in [0.29, 0.717) is 0 Å². The zero-order valence-electron chi connectivity index (χ0n) is 15.2. The molecule has 1 fully saturated rings. The highest BCUT2D eigenvalue weighted by Crippen LogP contribution is 2.35. The van der Waals surface area contributed by atoms with Crippen LogP contribution in [-0.2, 0) is 0 Å². The van der Waals surface area contributed by atoms with Crippen molar-refractivity contribution in [1.82, 2.24) is 19.8 Å². The highest BCUT2D eigenvalue weighted by atomic mass is 16.3. The van der Waals surface area contributed by atoms with E-state index in [1.807, 2.05) is 12.3 Å². The van der Waals surface area contributed by atoms with Gasteiger partial charge in [0.05, 0.1) is 18.3 Å². The number of pyridine rings is 1. The Morgan fingerprint density at radius 2 is 1.85 bits per heavy atom. The third kappa shape index (κ3) is 3.26. The number of aryl methyl sites for hydroxylation is 1. The summed E-state index contributed by atoms with van der Waals surface area (Å²) in [5.41, 5.74) is 4.81. The van der Waals surface area contributed by atoms with Crippen molar-refractivity contribution in [3.8, 4) is 0 Å². The molecule has 5 heteroatoms. The van der Waals surface area contributed by atoms with Gasteiger partial charge >= 0.3 is 0 Å². The number of hydrogen-bond acceptors (Lipinski definition) is 4. The van der Waals surface area contributed by atoms with E-state index in [-0.39, 0.29) is 12.6 Å². The lowest BCUT2D eigenvalue weighted by atomic mass is 9.97. The van der Waals surface area contributed by atoms with Crippen molar-refractivity contribution in [2.45, 2.75) is 13.0 Å². The van der Waals surface area contributed by atoms with Gasteiger partial charge in [-0.3, -0.25) is 14.8 Å². The number of aromatic amines is 1. The molecule has 0 amide bonds. The first-order chi connectivity index (χ1) is 12.8. The molecule has 1 aromatic carbocycles. The summed E-state index contributed by atoms with van der Waals surface area (Å²) in [5, 5.41) is 10.5. The van der Waals surface area contributed by atoms with Crippen LogP contribution >= 0.6 is 0 Å². The fourth-order valence-corrected chi connectivity index (χ4v) is 4.09. The number of H-pyrrole nitrogens is 1. The molecule has 1 saturated heterocycles. The molecule has 0 bridgehead atoms. The van der Waals surface area contributed by atoms with Crippen molar-refractivity contribution >= 4 is 10.9 Å². The lowest BCUT2D eigenvalue weighted by molar-refractivity contribution is 0.0936. The molecule has 1 unspecified atom stereocenters. The number of para-hydroxylation sites is 1. The van der Waals surface area contributed by atoms with Crippen LogP contribution < -0.4 is 0 Å². The van der Waals surface area contributed by atoms with Gasteiger partial charge in [0, 0.05) is 61.1 Å². The quantitative estimate of drug-likeness (QED) is 0.743. The molecule has 26 heavy (non-hydrogen) atoms. The predicted molar refractivity (Wildman–Crippen MR) is 104 cm³/mol. The van der Waals surface area contributed by atoms with Crippen LogP contribution in [-0.4, -0.2) is 64.2 Å². The van der Waals surface area contributed by atoms with Gasteiger partial charge in [-0.25, -0.2) is 0 Å². The van der Waals surface area contributed by atoms with Gasteiger partial charge in [0.25, 0.3) is 0 Å². The van der Waals surface area contributed by atoms with Gasteiger partial charge in [0.1, 0.15) is 0 Å². The van der Waals surface area contributed by atoms with Crippen LogP contribution in [0.2, 0.25) is 0 Å². The first kappa shape index (κ1) is 17.2. The summed E-state index contributed by atoms with van der Waals surface area (Å²) in [5.74, 6) is 0. The molecule has 1 aliphatic heterocycles. The SMILES string of the molecule is Cc1[nH]c2ccccc2c1C(c1ccccn1)N1CCN(CCO)CC1. The molecule has 0 spiro atoms. The van der Waals surface area contributed by atoms with Crippen LogP contribution in [0.5, 0.6) is 0 Å². The van der Waals surface area contributed by atoms with E-state index >= 15 is 0 Å². The Morgan fingerprint density at radius 3 is 2.58 bits per heavy atom. The smallest absolute Gasteiger partial charge is 0.0800 e. The lowest BCUT2D eigenvalue weighted by Crippen LogP contribution is -2.48. The second-order valence-electron chi connectivity index (χ2n) is 6.97. The van der Waals surface area contributed by atoms with Crippen LogP contribution in [0.25, 0.3) is 10.9 Å². The zero-order valence-corrected chi connectivity index (χ0v) is 15.2. The third-order valence-electron chi connectivity index (χ3n) is 5.37. The van der Waals surface area contributed by atoms with Gasteiger partial charge in [-0.05, 0) is 25.1 Å². The second-order valence-corrected chi connectivity index (χ2v) is 6.97. The average molecular weight is 350 g/mol. The van der Waals surface area contributed by atoms with Gasteiger partial charge in [-0.2, -0.15) is 0 Å². The number of piperazine rings is 1. The fourth-order valence-electron chi connectivity index (χ4n) is 4.09. The van der Waals surface area contributed by atoms with Crippen molar-refractivity contribution < 1.29 is 5.11 Å². The van der Waals surface area contributed by atoms with Crippen molar-refractivity contribution in [2.75, 3.05) is 39.3 Å². The summed E-state index contributed by atoms with van der Waals surface area (Å²) >= 11 is 0. The largest absolute Gasteiger partial charge is 0.395 e. The molecular formula is C21H26N4O. The molecule has 4 rings (SSSR count). The summed E-state index contributed by atoms with van der Waals surface area (Å²) in [7, 11) is 0. The van der Waals surface area contributed by atoms with E-state index < -0.39 is 0 Å². The molecular weight excluding hydrogens is 324 g/mol.